The number of nitro groups is 1. The van der Waals surface area contributed by atoms with Gasteiger partial charge in [0.1, 0.15) is 0 Å². The van der Waals surface area contributed by atoms with E-state index in [2.05, 4.69) is 4.99 Å². The zero-order chi connectivity index (χ0) is 18.7. The Labute approximate surface area is 159 Å². The quantitative estimate of drug-likeness (QED) is 0.554. The number of thioether (sulfide) groups is 1. The van der Waals surface area contributed by atoms with Crippen LogP contribution < -0.4 is 0 Å². The van der Waals surface area contributed by atoms with E-state index in [1.807, 2.05) is 12.1 Å². The first-order chi connectivity index (χ1) is 12.4. The van der Waals surface area contributed by atoms with Gasteiger partial charge in [-0.3, -0.25) is 15.1 Å². The topological polar surface area (TPSA) is 92.9 Å². The van der Waals surface area contributed by atoms with Gasteiger partial charge in [-0.2, -0.15) is 0 Å². The van der Waals surface area contributed by atoms with Gasteiger partial charge < -0.3 is 0 Å². The standard InChI is InChI=1S/C16H14ClN3O4S2/c17-13-3-1-12(2-4-13)11-25-16-18-9-10-19(16)26(23,24)15-7-5-14(6-8-15)20(21)22/h1-8H,9-11H2. The maximum absolute atomic E-state index is 12.8. The molecule has 0 fully saturated rings. The fraction of sp³-hybridized carbons (Fsp3) is 0.188. The van der Waals surface area contributed by atoms with Crippen LogP contribution >= 0.6 is 23.4 Å². The summed E-state index contributed by atoms with van der Waals surface area (Å²) in [6.45, 7) is 0.636. The van der Waals surface area contributed by atoms with Crippen molar-refractivity contribution in [3.8, 4) is 0 Å². The molecule has 2 aromatic rings. The zero-order valence-corrected chi connectivity index (χ0v) is 15.8. The smallest absolute Gasteiger partial charge is 0.260 e. The highest BCUT2D eigenvalue weighted by Gasteiger charge is 2.31. The Morgan fingerprint density at radius 2 is 1.81 bits per heavy atom. The maximum atomic E-state index is 12.8. The van der Waals surface area contributed by atoms with E-state index < -0.39 is 14.9 Å². The third kappa shape index (κ3) is 4.00. The van der Waals surface area contributed by atoms with E-state index in [1.54, 1.807) is 12.1 Å². The summed E-state index contributed by atoms with van der Waals surface area (Å²) in [6, 6.07) is 12.2. The molecule has 0 atom stereocenters. The predicted molar refractivity (Wildman–Crippen MR) is 102 cm³/mol. The second kappa shape index (κ2) is 7.65. The van der Waals surface area contributed by atoms with E-state index >= 15 is 0 Å². The zero-order valence-electron chi connectivity index (χ0n) is 13.4. The lowest BCUT2D eigenvalue weighted by Gasteiger charge is -2.19. The van der Waals surface area contributed by atoms with Gasteiger partial charge in [-0.05, 0) is 29.8 Å². The number of hydrogen-bond acceptors (Lipinski definition) is 6. The molecular formula is C16H14ClN3O4S2. The molecule has 2 aromatic carbocycles. The molecule has 1 aliphatic heterocycles. The van der Waals surface area contributed by atoms with Crippen molar-refractivity contribution in [3.63, 3.8) is 0 Å². The molecule has 0 aromatic heterocycles. The van der Waals surface area contributed by atoms with Crippen LogP contribution in [-0.4, -0.2) is 35.9 Å². The number of benzene rings is 2. The SMILES string of the molecule is O=[N+]([O-])c1ccc(S(=O)(=O)N2CCN=C2SCc2ccc(Cl)cc2)cc1. The molecule has 136 valence electrons. The van der Waals surface area contributed by atoms with E-state index in [0.717, 1.165) is 5.56 Å². The van der Waals surface area contributed by atoms with E-state index in [0.29, 0.717) is 22.5 Å². The largest absolute Gasteiger partial charge is 0.269 e. The molecule has 0 amide bonds. The summed E-state index contributed by atoms with van der Waals surface area (Å²) in [5.74, 6) is 0.558. The van der Waals surface area contributed by atoms with Gasteiger partial charge in [0.05, 0.1) is 22.9 Å². The molecule has 10 heteroatoms. The van der Waals surface area contributed by atoms with Crippen LogP contribution in [0.25, 0.3) is 0 Å². The number of hydrogen-bond donors (Lipinski definition) is 0. The second-order valence-corrected chi connectivity index (χ2v) is 8.65. The van der Waals surface area contributed by atoms with Gasteiger partial charge in [0.2, 0.25) is 0 Å². The van der Waals surface area contributed by atoms with E-state index in [1.165, 1.54) is 40.3 Å². The van der Waals surface area contributed by atoms with E-state index in [9.17, 15) is 18.5 Å². The van der Waals surface area contributed by atoms with Crippen molar-refractivity contribution in [2.45, 2.75) is 10.6 Å². The Morgan fingerprint density at radius 1 is 1.15 bits per heavy atom. The van der Waals surface area contributed by atoms with Gasteiger partial charge in [-0.1, -0.05) is 35.5 Å². The first-order valence-electron chi connectivity index (χ1n) is 7.57. The minimum Gasteiger partial charge on any atom is -0.260 e. The third-order valence-corrected chi connectivity index (χ3v) is 6.94. The van der Waals surface area contributed by atoms with Crippen LogP contribution in [0.2, 0.25) is 5.02 Å². The van der Waals surface area contributed by atoms with Crippen LogP contribution in [0.5, 0.6) is 0 Å². The number of non-ortho nitro benzene ring substituents is 1. The lowest BCUT2D eigenvalue weighted by molar-refractivity contribution is -0.384. The minimum absolute atomic E-state index is 0.00444. The molecule has 0 spiro atoms. The van der Waals surface area contributed by atoms with Gasteiger partial charge in [0, 0.05) is 22.9 Å². The fourth-order valence-electron chi connectivity index (χ4n) is 2.35. The van der Waals surface area contributed by atoms with Crippen LogP contribution in [0.3, 0.4) is 0 Å². The first kappa shape index (κ1) is 18.7. The number of aliphatic imine (C=N–C) groups is 1. The van der Waals surface area contributed by atoms with Crippen LogP contribution in [0.15, 0.2) is 58.4 Å². The summed E-state index contributed by atoms with van der Waals surface area (Å²) in [5, 5.41) is 11.8. The van der Waals surface area contributed by atoms with Gasteiger partial charge in [0.25, 0.3) is 15.7 Å². The molecule has 0 radical (unpaired) electrons. The van der Waals surface area contributed by atoms with Crippen molar-refractivity contribution in [1.82, 2.24) is 4.31 Å². The van der Waals surface area contributed by atoms with Crippen molar-refractivity contribution >= 4 is 44.2 Å². The van der Waals surface area contributed by atoms with Crippen molar-refractivity contribution in [3.05, 3.63) is 69.2 Å². The highest BCUT2D eigenvalue weighted by atomic mass is 35.5. The minimum atomic E-state index is -3.80. The Kier molecular flexibility index (Phi) is 5.49. The average molecular weight is 412 g/mol. The molecule has 0 saturated carbocycles. The molecular weight excluding hydrogens is 398 g/mol. The number of sulfonamides is 1. The lowest BCUT2D eigenvalue weighted by atomic mass is 10.2. The third-order valence-electron chi connectivity index (χ3n) is 3.68. The highest BCUT2D eigenvalue weighted by Crippen LogP contribution is 2.27. The van der Waals surface area contributed by atoms with Crippen molar-refractivity contribution in [2.75, 3.05) is 13.1 Å². The Bertz CT molecular complexity index is 944. The molecule has 1 heterocycles. The Hall–Kier alpha value is -2.10. The predicted octanol–water partition coefficient (Wildman–Crippen LogP) is 3.54. The molecule has 0 saturated heterocycles. The molecule has 0 unspecified atom stereocenters. The van der Waals surface area contributed by atoms with Crippen LogP contribution in [0.1, 0.15) is 5.56 Å². The maximum Gasteiger partial charge on any atom is 0.269 e. The first-order valence-corrected chi connectivity index (χ1v) is 10.4. The van der Waals surface area contributed by atoms with Crippen molar-refractivity contribution in [1.29, 1.82) is 0 Å². The lowest BCUT2D eigenvalue weighted by Crippen LogP contribution is -2.32. The summed E-state index contributed by atoms with van der Waals surface area (Å²) in [4.78, 5) is 14.4. The van der Waals surface area contributed by atoms with Gasteiger partial charge in [0.15, 0.2) is 5.17 Å². The highest BCUT2D eigenvalue weighted by molar-refractivity contribution is 8.14. The van der Waals surface area contributed by atoms with Gasteiger partial charge >= 0.3 is 0 Å². The summed E-state index contributed by atoms with van der Waals surface area (Å²) in [7, 11) is -3.80. The normalized spacial score (nSPS) is 14.3. The van der Waals surface area contributed by atoms with Crippen LogP contribution in [0, 0.1) is 10.1 Å². The summed E-state index contributed by atoms with van der Waals surface area (Å²) in [6.07, 6.45) is 0. The number of amidine groups is 1. The molecule has 1 aliphatic rings. The fourth-order valence-corrected chi connectivity index (χ4v) is 5.15. The molecule has 7 nitrogen and oxygen atoms in total. The number of nitro benzene ring substituents is 1. The molecule has 3 rings (SSSR count). The van der Waals surface area contributed by atoms with Crippen molar-refractivity contribution in [2.24, 2.45) is 4.99 Å². The summed E-state index contributed by atoms with van der Waals surface area (Å²) >= 11 is 7.19. The molecule has 26 heavy (non-hydrogen) atoms. The Balaban J connectivity index is 1.75. The molecule has 0 aliphatic carbocycles. The summed E-state index contributed by atoms with van der Waals surface area (Å²) in [5.41, 5.74) is 0.845. The van der Waals surface area contributed by atoms with Crippen molar-refractivity contribution < 1.29 is 13.3 Å². The molecule has 0 N–H and O–H groups in total. The second-order valence-electron chi connectivity index (χ2n) is 5.41. The number of halogens is 1. The average Bonchev–Trinajstić information content (AvgIpc) is 3.11. The van der Waals surface area contributed by atoms with Crippen LogP contribution in [0.4, 0.5) is 5.69 Å². The van der Waals surface area contributed by atoms with Crippen LogP contribution in [-0.2, 0) is 15.8 Å². The monoisotopic (exact) mass is 411 g/mol. The van der Waals surface area contributed by atoms with Gasteiger partial charge in [-0.15, -0.1) is 0 Å². The summed E-state index contributed by atoms with van der Waals surface area (Å²) < 4.78 is 26.9. The molecule has 0 bridgehead atoms. The van der Waals surface area contributed by atoms with E-state index in [-0.39, 0.29) is 17.1 Å². The van der Waals surface area contributed by atoms with E-state index in [4.69, 9.17) is 11.6 Å². The van der Waals surface area contributed by atoms with Gasteiger partial charge in [-0.25, -0.2) is 12.7 Å². The number of rotatable bonds is 5. The number of nitrogens with zero attached hydrogens (tertiary/aromatic N) is 3. The Morgan fingerprint density at radius 3 is 2.42 bits per heavy atom.